The van der Waals surface area contributed by atoms with Gasteiger partial charge in [0.25, 0.3) is 0 Å². The fourth-order valence-electron chi connectivity index (χ4n) is 4.55. The van der Waals surface area contributed by atoms with Gasteiger partial charge in [0.05, 0.1) is 11.3 Å². The van der Waals surface area contributed by atoms with E-state index in [-0.39, 0.29) is 17.7 Å². The molecule has 7 nitrogen and oxygen atoms in total. The number of nitrogens with zero attached hydrogens (tertiary/aromatic N) is 2. The maximum atomic E-state index is 11.4. The molecule has 0 saturated heterocycles. The molecule has 3 N–H and O–H groups in total. The molecule has 0 bridgehead atoms. The fourth-order valence-corrected chi connectivity index (χ4v) is 5.19. The highest BCUT2D eigenvalue weighted by molar-refractivity contribution is 8.00. The minimum Gasteiger partial charge on any atom is -0.478 e. The van der Waals surface area contributed by atoms with Gasteiger partial charge in [-0.25, -0.2) is 9.78 Å². The number of carbonyl (C=O) groups is 1. The number of aromatic nitrogens is 2. The van der Waals surface area contributed by atoms with E-state index in [1.54, 1.807) is 18.2 Å². The van der Waals surface area contributed by atoms with Gasteiger partial charge in [-0.1, -0.05) is 52.0 Å². The van der Waals surface area contributed by atoms with E-state index in [4.69, 9.17) is 14.7 Å². The van der Waals surface area contributed by atoms with E-state index in [0.717, 1.165) is 40.1 Å². The first-order valence-electron chi connectivity index (χ1n) is 13.1. The Labute approximate surface area is 231 Å². The van der Waals surface area contributed by atoms with Crippen LogP contribution in [0.2, 0.25) is 0 Å². The van der Waals surface area contributed by atoms with Gasteiger partial charge in [0.1, 0.15) is 6.10 Å². The maximum absolute atomic E-state index is 11.4. The van der Waals surface area contributed by atoms with Crippen LogP contribution in [0, 0.1) is 25.7 Å². The smallest absolute Gasteiger partial charge is 0.335 e. The summed E-state index contributed by atoms with van der Waals surface area (Å²) in [4.78, 5) is 21.7. The van der Waals surface area contributed by atoms with Crippen molar-refractivity contribution in [1.82, 2.24) is 15.3 Å². The normalized spacial score (nSPS) is 13.0. The zero-order valence-corrected chi connectivity index (χ0v) is 24.2. The summed E-state index contributed by atoms with van der Waals surface area (Å²) in [5, 5.41) is 12.8. The summed E-state index contributed by atoms with van der Waals surface area (Å²) in [5.74, 6) is 0.927. The summed E-state index contributed by atoms with van der Waals surface area (Å²) in [7, 11) is 1.99. The summed E-state index contributed by atoms with van der Waals surface area (Å²) < 4.78 is 9.84. The molecule has 2 aromatic carbocycles. The zero-order chi connectivity index (χ0) is 27.8. The lowest BCUT2D eigenvalue weighted by Gasteiger charge is -2.30. The van der Waals surface area contributed by atoms with E-state index in [1.165, 1.54) is 11.9 Å². The summed E-state index contributed by atoms with van der Waals surface area (Å²) in [6.45, 7) is 13.0. The number of nitrogens with one attached hydrogen (secondary N) is 2. The van der Waals surface area contributed by atoms with Gasteiger partial charge in [-0.15, -0.1) is 0 Å². The first kappa shape index (κ1) is 29.5. The van der Waals surface area contributed by atoms with Crippen molar-refractivity contribution in [1.29, 1.82) is 0 Å². The van der Waals surface area contributed by atoms with Crippen LogP contribution in [0.5, 0.6) is 5.88 Å². The van der Waals surface area contributed by atoms with Gasteiger partial charge in [-0.05, 0) is 86.8 Å². The van der Waals surface area contributed by atoms with Crippen LogP contribution in [0.3, 0.4) is 0 Å². The second-order valence-corrected chi connectivity index (χ2v) is 11.4. The maximum Gasteiger partial charge on any atom is 0.335 e. The summed E-state index contributed by atoms with van der Waals surface area (Å²) in [6, 6.07) is 15.1. The van der Waals surface area contributed by atoms with Gasteiger partial charge < -0.3 is 15.2 Å². The standard InChI is InChI=1S/C30H40N4O3S/c1-18(2)14-24(31-7)26(15-19(3)4)37-27-17-25(28-20(5)10-8-11-21(28)6)32-30(33-27)34-38-23-13-9-12-22(16-23)29(35)36/h8-13,16-19,24,26,31H,14-15H2,1-7H3,(H,35,36)(H,32,33,34). The minimum absolute atomic E-state index is 0.0594. The second-order valence-electron chi connectivity index (χ2n) is 10.5. The Kier molecular flexibility index (Phi) is 10.6. The predicted octanol–water partition coefficient (Wildman–Crippen LogP) is 7.01. The Hall–Kier alpha value is -3.10. The minimum atomic E-state index is -0.965. The largest absolute Gasteiger partial charge is 0.478 e. The van der Waals surface area contributed by atoms with E-state index in [0.29, 0.717) is 23.7 Å². The molecule has 0 aliphatic rings. The quantitative estimate of drug-likeness (QED) is 0.201. The molecule has 0 aliphatic heterocycles. The molecule has 1 heterocycles. The van der Waals surface area contributed by atoms with Crippen LogP contribution in [0.4, 0.5) is 5.95 Å². The molecular formula is C30H40N4O3S. The Morgan fingerprint density at radius 2 is 1.63 bits per heavy atom. The Balaban J connectivity index is 2.00. The van der Waals surface area contributed by atoms with Gasteiger partial charge in [0.15, 0.2) is 0 Å². The third-order valence-corrected chi connectivity index (χ3v) is 7.08. The van der Waals surface area contributed by atoms with Gasteiger partial charge in [-0.2, -0.15) is 4.98 Å². The molecule has 0 fully saturated rings. The Morgan fingerprint density at radius 3 is 2.24 bits per heavy atom. The van der Waals surface area contributed by atoms with Crippen molar-refractivity contribution in [2.75, 3.05) is 11.8 Å². The van der Waals surface area contributed by atoms with Gasteiger partial charge >= 0.3 is 5.97 Å². The van der Waals surface area contributed by atoms with Gasteiger partial charge in [-0.3, -0.25) is 4.72 Å². The molecule has 2 atom stereocenters. The summed E-state index contributed by atoms with van der Waals surface area (Å²) in [6.07, 6.45) is 1.82. The molecular weight excluding hydrogens is 496 g/mol. The average molecular weight is 537 g/mol. The lowest BCUT2D eigenvalue weighted by atomic mass is 9.93. The number of aryl methyl sites for hydroxylation is 2. The Morgan fingerprint density at radius 1 is 0.974 bits per heavy atom. The molecule has 3 rings (SSSR count). The summed E-state index contributed by atoms with van der Waals surface area (Å²) in [5.41, 5.74) is 4.29. The zero-order valence-electron chi connectivity index (χ0n) is 23.4. The molecule has 8 heteroatoms. The molecule has 38 heavy (non-hydrogen) atoms. The molecule has 3 aromatic rings. The number of anilines is 1. The van der Waals surface area contributed by atoms with Crippen LogP contribution in [-0.2, 0) is 0 Å². The fraction of sp³-hybridized carbons (Fsp3) is 0.433. The average Bonchev–Trinajstić information content (AvgIpc) is 2.85. The van der Waals surface area contributed by atoms with Crippen LogP contribution in [0.25, 0.3) is 11.3 Å². The predicted molar refractivity (Wildman–Crippen MR) is 156 cm³/mol. The second kappa shape index (κ2) is 13.6. The van der Waals surface area contributed by atoms with Gasteiger partial charge in [0, 0.05) is 22.6 Å². The van der Waals surface area contributed by atoms with Crippen molar-refractivity contribution in [2.45, 2.75) is 71.4 Å². The SMILES string of the molecule is CNC(CC(C)C)C(CC(C)C)Oc1cc(-c2c(C)cccc2C)nc(NSc2cccc(C(=O)O)c2)n1. The Bertz CT molecular complexity index is 1210. The number of aromatic carboxylic acids is 1. The third kappa shape index (κ3) is 8.20. The molecule has 0 radical (unpaired) electrons. The van der Waals surface area contributed by atoms with Crippen LogP contribution in [0.1, 0.15) is 62.0 Å². The topological polar surface area (TPSA) is 96.4 Å². The monoisotopic (exact) mass is 536 g/mol. The number of carboxylic acids is 1. The van der Waals surface area contributed by atoms with E-state index >= 15 is 0 Å². The van der Waals surface area contributed by atoms with Crippen LogP contribution >= 0.6 is 11.9 Å². The first-order chi connectivity index (χ1) is 18.1. The number of hydrogen-bond acceptors (Lipinski definition) is 7. The van der Waals surface area contributed by atoms with E-state index in [1.807, 2.05) is 25.2 Å². The van der Waals surface area contributed by atoms with Gasteiger partial charge in [0.2, 0.25) is 11.8 Å². The highest BCUT2D eigenvalue weighted by Crippen LogP contribution is 2.31. The first-order valence-corrected chi connectivity index (χ1v) is 13.9. The van der Waals surface area contributed by atoms with E-state index < -0.39 is 5.97 Å². The number of carboxylic acid groups (broad SMARTS) is 1. The molecule has 1 aromatic heterocycles. The van der Waals surface area contributed by atoms with E-state index in [2.05, 4.69) is 63.7 Å². The van der Waals surface area contributed by atoms with Crippen molar-refractivity contribution < 1.29 is 14.6 Å². The molecule has 204 valence electrons. The lowest BCUT2D eigenvalue weighted by Crippen LogP contribution is -2.43. The van der Waals surface area contributed by atoms with Crippen molar-refractivity contribution in [3.05, 3.63) is 65.2 Å². The number of rotatable bonds is 13. The van der Waals surface area contributed by atoms with Crippen LogP contribution < -0.4 is 14.8 Å². The molecule has 0 saturated carbocycles. The van der Waals surface area contributed by atoms with Crippen molar-refractivity contribution in [2.24, 2.45) is 11.8 Å². The van der Waals surface area contributed by atoms with E-state index in [9.17, 15) is 9.90 Å². The molecule has 2 unspecified atom stereocenters. The van der Waals surface area contributed by atoms with Crippen molar-refractivity contribution in [3.63, 3.8) is 0 Å². The summed E-state index contributed by atoms with van der Waals surface area (Å²) >= 11 is 1.27. The number of ether oxygens (including phenoxy) is 1. The van der Waals surface area contributed by atoms with Crippen LogP contribution in [0.15, 0.2) is 53.4 Å². The molecule has 0 spiro atoms. The number of hydrogen-bond donors (Lipinski definition) is 3. The van der Waals surface area contributed by atoms with Crippen molar-refractivity contribution in [3.8, 4) is 17.1 Å². The third-order valence-electron chi connectivity index (χ3n) is 6.30. The highest BCUT2D eigenvalue weighted by Gasteiger charge is 2.25. The highest BCUT2D eigenvalue weighted by atomic mass is 32.2. The number of benzene rings is 2. The lowest BCUT2D eigenvalue weighted by molar-refractivity contribution is 0.0696. The molecule has 0 amide bonds. The number of likely N-dealkylation sites (N-methyl/N-ethyl adjacent to an activating group) is 1. The molecule has 0 aliphatic carbocycles. The van der Waals surface area contributed by atoms with Crippen LogP contribution in [-0.4, -0.2) is 40.2 Å². The van der Waals surface area contributed by atoms with Crippen molar-refractivity contribution >= 4 is 23.9 Å².